The first-order valence-electron chi connectivity index (χ1n) is 2.22. The standard InChI is InChI=1S/C6H5ClN/c7-5-2-1-3-6(8)4-5/h1-2,4H,8H2. The molecule has 0 bridgehead atoms. The topological polar surface area (TPSA) is 26.0 Å². The molecule has 0 atom stereocenters. The molecular weight excluding hydrogens is 122 g/mol. The van der Waals surface area contributed by atoms with Crippen molar-refractivity contribution in [3.8, 4) is 0 Å². The highest BCUT2D eigenvalue weighted by molar-refractivity contribution is 6.30. The maximum absolute atomic E-state index is 5.54. The maximum Gasteiger partial charge on any atom is 0.0426 e. The Bertz CT molecular complexity index is 168. The molecule has 2 heteroatoms. The van der Waals surface area contributed by atoms with Gasteiger partial charge in [0.1, 0.15) is 0 Å². The molecule has 0 aromatic heterocycles. The van der Waals surface area contributed by atoms with E-state index in [9.17, 15) is 0 Å². The molecule has 0 spiro atoms. The normalized spacial score (nSPS) is 9.12. The Hall–Kier alpha value is -0.690. The van der Waals surface area contributed by atoms with Gasteiger partial charge in [-0.2, -0.15) is 0 Å². The third-order valence-corrected chi connectivity index (χ3v) is 1.02. The Morgan fingerprint density at radius 1 is 1.62 bits per heavy atom. The molecule has 0 aliphatic rings. The highest BCUT2D eigenvalue weighted by Gasteiger charge is 1.84. The Labute approximate surface area is 53.1 Å². The lowest BCUT2D eigenvalue weighted by atomic mass is 10.3. The van der Waals surface area contributed by atoms with Crippen molar-refractivity contribution in [1.82, 2.24) is 0 Å². The monoisotopic (exact) mass is 126 g/mol. The van der Waals surface area contributed by atoms with Crippen molar-refractivity contribution in [2.75, 3.05) is 5.73 Å². The van der Waals surface area contributed by atoms with Crippen LogP contribution in [0.2, 0.25) is 5.02 Å². The molecule has 1 aromatic carbocycles. The first-order chi connectivity index (χ1) is 3.79. The lowest BCUT2D eigenvalue weighted by Gasteiger charge is -1.88. The summed E-state index contributed by atoms with van der Waals surface area (Å²) in [5, 5.41) is 0.654. The maximum atomic E-state index is 5.54. The SMILES string of the molecule is Nc1[c]ccc(Cl)c1. The van der Waals surface area contributed by atoms with Crippen molar-refractivity contribution in [3.05, 3.63) is 29.3 Å². The lowest BCUT2D eigenvalue weighted by molar-refractivity contribution is 1.67. The number of hydrogen-bond donors (Lipinski definition) is 1. The van der Waals surface area contributed by atoms with Crippen LogP contribution >= 0.6 is 11.6 Å². The number of anilines is 1. The van der Waals surface area contributed by atoms with E-state index in [-0.39, 0.29) is 0 Å². The molecule has 1 radical (unpaired) electrons. The molecule has 8 heavy (non-hydrogen) atoms. The van der Waals surface area contributed by atoms with Gasteiger partial charge in [0.05, 0.1) is 0 Å². The van der Waals surface area contributed by atoms with Gasteiger partial charge >= 0.3 is 0 Å². The fourth-order valence-corrected chi connectivity index (χ4v) is 0.636. The number of halogens is 1. The van der Waals surface area contributed by atoms with Crippen LogP contribution in [0.15, 0.2) is 18.2 Å². The van der Waals surface area contributed by atoms with Gasteiger partial charge in [-0.1, -0.05) is 17.7 Å². The summed E-state index contributed by atoms with van der Waals surface area (Å²) in [5.74, 6) is 0. The molecule has 0 heterocycles. The van der Waals surface area contributed by atoms with E-state index in [0.29, 0.717) is 10.7 Å². The summed E-state index contributed by atoms with van der Waals surface area (Å²) in [5.41, 5.74) is 5.90. The van der Waals surface area contributed by atoms with E-state index < -0.39 is 0 Å². The molecule has 0 unspecified atom stereocenters. The molecular formula is C6H5ClN. The van der Waals surface area contributed by atoms with Gasteiger partial charge in [0.15, 0.2) is 0 Å². The number of hydrogen-bond acceptors (Lipinski definition) is 1. The molecule has 0 aliphatic heterocycles. The van der Waals surface area contributed by atoms with Crippen molar-refractivity contribution in [2.45, 2.75) is 0 Å². The van der Waals surface area contributed by atoms with Crippen LogP contribution in [0.4, 0.5) is 5.69 Å². The minimum atomic E-state index is 0.581. The van der Waals surface area contributed by atoms with E-state index in [2.05, 4.69) is 6.07 Å². The summed E-state index contributed by atoms with van der Waals surface area (Å²) in [4.78, 5) is 0. The zero-order valence-electron chi connectivity index (χ0n) is 4.19. The molecule has 0 amide bonds. The average Bonchev–Trinajstić information content (AvgIpc) is 1.64. The molecule has 41 valence electrons. The largest absolute Gasteiger partial charge is 0.398 e. The second-order valence-electron chi connectivity index (χ2n) is 1.46. The van der Waals surface area contributed by atoms with Crippen LogP contribution in [-0.2, 0) is 0 Å². The Balaban J connectivity index is 3.08. The fraction of sp³-hybridized carbons (Fsp3) is 0. The first kappa shape index (κ1) is 5.45. The van der Waals surface area contributed by atoms with Gasteiger partial charge in [0.25, 0.3) is 0 Å². The zero-order chi connectivity index (χ0) is 5.98. The Kier molecular flexibility index (Phi) is 1.40. The minimum Gasteiger partial charge on any atom is -0.398 e. The van der Waals surface area contributed by atoms with E-state index in [1.165, 1.54) is 0 Å². The lowest BCUT2D eigenvalue weighted by Crippen LogP contribution is -1.81. The van der Waals surface area contributed by atoms with E-state index >= 15 is 0 Å². The van der Waals surface area contributed by atoms with E-state index in [1.807, 2.05) is 0 Å². The molecule has 1 rings (SSSR count). The molecule has 1 aromatic rings. The van der Waals surface area contributed by atoms with E-state index in [1.54, 1.807) is 18.2 Å². The third kappa shape index (κ3) is 1.14. The summed E-state index contributed by atoms with van der Waals surface area (Å²) in [6.07, 6.45) is 0. The second kappa shape index (κ2) is 2.05. The second-order valence-corrected chi connectivity index (χ2v) is 1.90. The third-order valence-electron chi connectivity index (χ3n) is 0.786. The van der Waals surface area contributed by atoms with Crippen molar-refractivity contribution in [2.24, 2.45) is 0 Å². The zero-order valence-corrected chi connectivity index (χ0v) is 4.94. The number of nitrogen functional groups attached to an aromatic ring is 1. The van der Waals surface area contributed by atoms with Gasteiger partial charge in [0.2, 0.25) is 0 Å². The van der Waals surface area contributed by atoms with Crippen molar-refractivity contribution in [3.63, 3.8) is 0 Å². The van der Waals surface area contributed by atoms with Gasteiger partial charge in [-0.15, -0.1) is 0 Å². The quantitative estimate of drug-likeness (QED) is 0.527. The predicted molar refractivity (Wildman–Crippen MR) is 34.7 cm³/mol. The summed E-state index contributed by atoms with van der Waals surface area (Å²) in [7, 11) is 0. The van der Waals surface area contributed by atoms with Crippen LogP contribution in [0, 0.1) is 6.07 Å². The van der Waals surface area contributed by atoms with E-state index in [0.717, 1.165) is 0 Å². The molecule has 2 N–H and O–H groups in total. The summed E-state index contributed by atoms with van der Waals surface area (Å²) >= 11 is 5.54. The molecule has 0 fully saturated rings. The van der Waals surface area contributed by atoms with Gasteiger partial charge in [-0.05, 0) is 12.1 Å². The molecule has 0 saturated carbocycles. The van der Waals surface area contributed by atoms with Crippen LogP contribution in [0.3, 0.4) is 0 Å². The van der Waals surface area contributed by atoms with Gasteiger partial charge < -0.3 is 5.73 Å². The summed E-state index contributed by atoms with van der Waals surface area (Å²) in [6.45, 7) is 0. The van der Waals surface area contributed by atoms with Crippen molar-refractivity contribution < 1.29 is 0 Å². The minimum absolute atomic E-state index is 0.581. The van der Waals surface area contributed by atoms with Gasteiger partial charge in [-0.25, -0.2) is 0 Å². The Morgan fingerprint density at radius 2 is 2.38 bits per heavy atom. The van der Waals surface area contributed by atoms with E-state index in [4.69, 9.17) is 17.3 Å². The number of nitrogens with two attached hydrogens (primary N) is 1. The van der Waals surface area contributed by atoms with Gasteiger partial charge in [-0.3, -0.25) is 0 Å². The molecule has 1 nitrogen and oxygen atoms in total. The predicted octanol–water partition coefficient (Wildman–Crippen LogP) is 1.72. The highest BCUT2D eigenvalue weighted by atomic mass is 35.5. The van der Waals surface area contributed by atoms with Gasteiger partial charge in [0, 0.05) is 16.8 Å². The summed E-state index contributed by atoms with van der Waals surface area (Å²) < 4.78 is 0. The summed E-state index contributed by atoms with van der Waals surface area (Å²) in [6, 6.07) is 7.85. The van der Waals surface area contributed by atoms with Crippen LogP contribution in [0.5, 0.6) is 0 Å². The van der Waals surface area contributed by atoms with Crippen LogP contribution in [0.1, 0.15) is 0 Å². The van der Waals surface area contributed by atoms with Crippen molar-refractivity contribution >= 4 is 17.3 Å². The fourth-order valence-electron chi connectivity index (χ4n) is 0.456. The van der Waals surface area contributed by atoms with Crippen LogP contribution in [0.25, 0.3) is 0 Å². The highest BCUT2D eigenvalue weighted by Crippen LogP contribution is 2.10. The Morgan fingerprint density at radius 3 is 2.75 bits per heavy atom. The number of rotatable bonds is 0. The average molecular weight is 127 g/mol. The molecule has 0 aliphatic carbocycles. The number of benzene rings is 1. The first-order valence-corrected chi connectivity index (χ1v) is 2.59. The molecule has 0 saturated heterocycles. The van der Waals surface area contributed by atoms with Crippen molar-refractivity contribution in [1.29, 1.82) is 0 Å². The van der Waals surface area contributed by atoms with Crippen LogP contribution < -0.4 is 5.73 Å². The smallest absolute Gasteiger partial charge is 0.0426 e. The van der Waals surface area contributed by atoms with Crippen LogP contribution in [-0.4, -0.2) is 0 Å².